The van der Waals surface area contributed by atoms with E-state index in [1.54, 1.807) is 0 Å². The van der Waals surface area contributed by atoms with Gasteiger partial charge in [0.25, 0.3) is 12.9 Å². The zero-order chi connectivity index (χ0) is 16.9. The quantitative estimate of drug-likeness (QED) is 0.557. The van der Waals surface area contributed by atoms with Crippen molar-refractivity contribution >= 4 is 18.7 Å². The number of carbonyl (C=O) groups is 2. The Morgan fingerprint density at radius 2 is 2.17 bits per heavy atom. The van der Waals surface area contributed by atoms with Crippen LogP contribution in [0.15, 0.2) is 16.8 Å². The molecule has 0 amide bonds. The largest absolute Gasteiger partial charge is 0.449 e. The Bertz CT molecular complexity index is 534. The third kappa shape index (κ3) is 3.61. The van der Waals surface area contributed by atoms with Gasteiger partial charge in [0.2, 0.25) is 0 Å². The average molecular weight is 335 g/mol. The number of hydrogen-bond donors (Lipinski definition) is 1. The number of carbonyl (C=O) groups excluding carboxylic acids is 2. The van der Waals surface area contributed by atoms with Gasteiger partial charge in [-0.3, -0.25) is 15.3 Å². The molecule has 0 aliphatic carbocycles. The third-order valence-corrected chi connectivity index (χ3v) is 5.21. The Balaban J connectivity index is 1.81. The van der Waals surface area contributed by atoms with Gasteiger partial charge in [-0.1, -0.05) is 0 Å². The van der Waals surface area contributed by atoms with E-state index in [9.17, 15) is 9.59 Å². The van der Waals surface area contributed by atoms with E-state index in [0.717, 1.165) is 30.7 Å². The van der Waals surface area contributed by atoms with Crippen LogP contribution in [0.4, 0.5) is 0 Å². The Hall–Kier alpha value is -1.89. The van der Waals surface area contributed by atoms with Gasteiger partial charge in [0.15, 0.2) is 12.5 Å². The first-order chi connectivity index (χ1) is 11.7. The number of rotatable bonds is 7. The van der Waals surface area contributed by atoms with Gasteiger partial charge in [-0.25, -0.2) is 4.99 Å². The highest BCUT2D eigenvalue weighted by Crippen LogP contribution is 2.38. The minimum Gasteiger partial charge on any atom is -0.449 e. The van der Waals surface area contributed by atoms with Crippen molar-refractivity contribution in [3.8, 4) is 0 Å². The van der Waals surface area contributed by atoms with Crippen LogP contribution in [0, 0.1) is 5.92 Å². The summed E-state index contributed by atoms with van der Waals surface area (Å²) in [6.07, 6.45) is 7.85. The van der Waals surface area contributed by atoms with Crippen molar-refractivity contribution < 1.29 is 19.1 Å². The average Bonchev–Trinajstić information content (AvgIpc) is 2.60. The van der Waals surface area contributed by atoms with Crippen molar-refractivity contribution in [2.75, 3.05) is 6.54 Å². The Labute approximate surface area is 141 Å². The molecule has 0 aromatic heterocycles. The molecule has 7 nitrogen and oxygen atoms in total. The van der Waals surface area contributed by atoms with Crippen LogP contribution in [0.3, 0.4) is 0 Å². The van der Waals surface area contributed by atoms with Gasteiger partial charge >= 0.3 is 0 Å². The molecule has 0 radical (unpaired) electrons. The molecule has 3 rings (SSSR count). The van der Waals surface area contributed by atoms with Crippen LogP contribution in [0.5, 0.6) is 0 Å². The minimum atomic E-state index is -0.604. The summed E-state index contributed by atoms with van der Waals surface area (Å²) in [7, 11) is 0. The summed E-state index contributed by atoms with van der Waals surface area (Å²) in [5.74, 6) is 0.389. The van der Waals surface area contributed by atoms with E-state index in [-0.39, 0.29) is 6.23 Å². The van der Waals surface area contributed by atoms with Crippen molar-refractivity contribution in [2.24, 2.45) is 16.6 Å². The first-order valence-electron chi connectivity index (χ1n) is 8.71. The maximum Gasteiger partial charge on any atom is 0.295 e. The second-order valence-corrected chi connectivity index (χ2v) is 6.65. The van der Waals surface area contributed by atoms with Crippen LogP contribution < -0.4 is 5.73 Å². The molecular weight excluding hydrogens is 310 g/mol. The lowest BCUT2D eigenvalue weighted by molar-refractivity contribution is -0.134. The summed E-state index contributed by atoms with van der Waals surface area (Å²) in [6, 6.07) is 0.498. The number of piperidine rings is 1. The Morgan fingerprint density at radius 1 is 1.29 bits per heavy atom. The molecule has 4 unspecified atom stereocenters. The van der Waals surface area contributed by atoms with Gasteiger partial charge in [-0.15, -0.1) is 0 Å². The molecule has 1 fully saturated rings. The predicted octanol–water partition coefficient (Wildman–Crippen LogP) is 1.33. The summed E-state index contributed by atoms with van der Waals surface area (Å²) in [5.41, 5.74) is 7.95. The van der Waals surface area contributed by atoms with Crippen molar-refractivity contribution in [1.29, 1.82) is 0 Å². The van der Waals surface area contributed by atoms with E-state index in [0.29, 0.717) is 37.7 Å². The minimum absolute atomic E-state index is 0.382. The van der Waals surface area contributed by atoms with Crippen LogP contribution in [-0.2, 0) is 19.1 Å². The fourth-order valence-corrected chi connectivity index (χ4v) is 4.10. The molecule has 0 aromatic rings. The maximum atomic E-state index is 10.6. The lowest BCUT2D eigenvalue weighted by Gasteiger charge is -2.46. The smallest absolute Gasteiger partial charge is 0.295 e. The molecule has 0 aromatic carbocycles. The third-order valence-electron chi connectivity index (χ3n) is 5.21. The predicted molar refractivity (Wildman–Crippen MR) is 87.9 cm³/mol. The molecule has 4 atom stereocenters. The highest BCUT2D eigenvalue weighted by molar-refractivity contribution is 6.03. The number of hydrogen-bond acceptors (Lipinski definition) is 7. The highest BCUT2D eigenvalue weighted by Gasteiger charge is 2.39. The van der Waals surface area contributed by atoms with Gasteiger partial charge in [-0.2, -0.15) is 0 Å². The zero-order valence-corrected chi connectivity index (χ0v) is 13.8. The molecule has 0 spiro atoms. The molecule has 1 saturated heterocycles. The van der Waals surface area contributed by atoms with Gasteiger partial charge < -0.3 is 14.4 Å². The van der Waals surface area contributed by atoms with Crippen LogP contribution >= 0.6 is 0 Å². The monoisotopic (exact) mass is 335 g/mol. The van der Waals surface area contributed by atoms with Crippen LogP contribution in [0.25, 0.3) is 0 Å². The number of fused-ring (bicyclic) bond motifs is 3. The van der Waals surface area contributed by atoms with Gasteiger partial charge in [0.05, 0.1) is 0 Å². The van der Waals surface area contributed by atoms with Crippen molar-refractivity contribution in [1.82, 2.24) is 4.90 Å². The first-order valence-corrected chi connectivity index (χ1v) is 8.71. The molecule has 132 valence electrons. The fraction of sp³-hybridized carbons (Fsp3) is 0.706. The number of aliphatic imine (C=N–C) groups is 1. The lowest BCUT2D eigenvalue weighted by Crippen LogP contribution is -2.49. The lowest BCUT2D eigenvalue weighted by atomic mass is 9.76. The van der Waals surface area contributed by atoms with Gasteiger partial charge in [0, 0.05) is 43.3 Å². The summed E-state index contributed by atoms with van der Waals surface area (Å²) >= 11 is 0. The van der Waals surface area contributed by atoms with Crippen LogP contribution in [0.2, 0.25) is 0 Å². The molecular formula is C17H25N3O4. The van der Waals surface area contributed by atoms with E-state index in [4.69, 9.17) is 20.2 Å². The van der Waals surface area contributed by atoms with Gasteiger partial charge in [0.1, 0.15) is 0 Å². The number of nitrogens with two attached hydrogens (primary N) is 1. The van der Waals surface area contributed by atoms with E-state index < -0.39 is 6.23 Å². The second kappa shape index (κ2) is 7.79. The van der Waals surface area contributed by atoms with E-state index in [2.05, 4.69) is 11.1 Å². The van der Waals surface area contributed by atoms with Crippen molar-refractivity contribution in [3.63, 3.8) is 0 Å². The molecule has 7 heteroatoms. The number of nitrogens with zero attached hydrogens (tertiary/aromatic N) is 2. The summed E-state index contributed by atoms with van der Waals surface area (Å²) in [4.78, 5) is 28.2. The summed E-state index contributed by atoms with van der Waals surface area (Å²) < 4.78 is 9.86. The van der Waals surface area contributed by atoms with E-state index in [1.165, 1.54) is 19.3 Å². The number of ether oxygens (including phenoxy) is 2. The van der Waals surface area contributed by atoms with Crippen molar-refractivity contribution in [2.45, 2.75) is 63.4 Å². The first kappa shape index (κ1) is 17.0. The topological polar surface area (TPSA) is 94.2 Å². The summed E-state index contributed by atoms with van der Waals surface area (Å²) in [6.45, 7) is 1.93. The molecule has 3 heterocycles. The van der Waals surface area contributed by atoms with Crippen LogP contribution in [-0.4, -0.2) is 48.6 Å². The van der Waals surface area contributed by atoms with Crippen molar-refractivity contribution in [3.05, 3.63) is 11.8 Å². The maximum absolute atomic E-state index is 10.6. The molecule has 3 aliphatic heterocycles. The molecule has 2 N–H and O–H groups in total. The molecule has 0 bridgehead atoms. The molecule has 0 saturated carbocycles. The Kier molecular flexibility index (Phi) is 5.50. The van der Waals surface area contributed by atoms with E-state index in [1.807, 2.05) is 0 Å². The molecule has 3 aliphatic rings. The SMILES string of the molecule is NC(CCC1=CN2CCCCC2C2CCC(OC=O)N=C12)OC=O. The standard InChI is InChI=1S/C17H25N3O4/c18-15(23-10-21)6-4-12-9-20-8-2-1-3-14(20)13-5-7-16(24-11-22)19-17(12)13/h9-11,13-16H,1-8,18H2. The number of allylic oxidation sites excluding steroid dienone is 1. The normalized spacial score (nSPS) is 30.2. The highest BCUT2D eigenvalue weighted by atomic mass is 16.5. The van der Waals surface area contributed by atoms with Gasteiger partial charge in [-0.05, 0) is 37.7 Å². The van der Waals surface area contributed by atoms with Crippen LogP contribution in [0.1, 0.15) is 44.9 Å². The Morgan fingerprint density at radius 3 is 2.96 bits per heavy atom. The van der Waals surface area contributed by atoms with E-state index >= 15 is 0 Å². The molecule has 24 heavy (non-hydrogen) atoms. The summed E-state index contributed by atoms with van der Waals surface area (Å²) in [5, 5.41) is 0. The zero-order valence-electron chi connectivity index (χ0n) is 13.8. The second-order valence-electron chi connectivity index (χ2n) is 6.65. The fourth-order valence-electron chi connectivity index (χ4n) is 4.10.